The first-order valence-corrected chi connectivity index (χ1v) is 13.0. The van der Waals surface area contributed by atoms with Crippen molar-refractivity contribution < 1.29 is 19.1 Å². The Morgan fingerprint density at radius 3 is 2.11 bits per heavy atom. The predicted octanol–water partition coefficient (Wildman–Crippen LogP) is 3.90. The summed E-state index contributed by atoms with van der Waals surface area (Å²) in [5.41, 5.74) is 3.09. The molecule has 0 aliphatic carbocycles. The molecule has 0 N–H and O–H groups in total. The molecule has 0 unspecified atom stereocenters. The lowest BCUT2D eigenvalue weighted by atomic mass is 9.90. The van der Waals surface area contributed by atoms with Gasteiger partial charge in [-0.15, -0.1) is 0 Å². The number of hydrogen-bond donors (Lipinski definition) is 0. The number of morpholine rings is 1. The molecular weight excluding hydrogens is 464 g/mol. The number of amides is 1. The second kappa shape index (κ2) is 11.7. The molecule has 3 aromatic rings. The van der Waals surface area contributed by atoms with Gasteiger partial charge in [0.15, 0.2) is 0 Å². The van der Waals surface area contributed by atoms with E-state index in [1.807, 2.05) is 66.7 Å². The van der Waals surface area contributed by atoms with E-state index in [4.69, 9.17) is 9.47 Å². The number of carbonyl (C=O) groups excluding carboxylic acids is 2. The van der Waals surface area contributed by atoms with Gasteiger partial charge in [-0.05, 0) is 29.5 Å². The molecule has 192 valence electrons. The van der Waals surface area contributed by atoms with Gasteiger partial charge in [0.05, 0.1) is 26.2 Å². The van der Waals surface area contributed by atoms with Crippen LogP contribution in [0.1, 0.15) is 29.0 Å². The van der Waals surface area contributed by atoms with Gasteiger partial charge < -0.3 is 14.4 Å². The maximum Gasteiger partial charge on any atom is 0.328 e. The Kier molecular flexibility index (Phi) is 7.97. The zero-order valence-corrected chi connectivity index (χ0v) is 21.2. The highest BCUT2D eigenvalue weighted by Crippen LogP contribution is 2.33. The van der Waals surface area contributed by atoms with Crippen molar-refractivity contribution in [3.8, 4) is 0 Å². The number of likely N-dealkylation sites (tertiary alicyclic amines) is 1. The quantitative estimate of drug-likeness (QED) is 0.463. The number of hydrogen-bond acceptors (Lipinski definition) is 5. The van der Waals surface area contributed by atoms with Gasteiger partial charge in [-0.1, -0.05) is 91.0 Å². The van der Waals surface area contributed by atoms with Crippen LogP contribution in [0.2, 0.25) is 0 Å². The molecule has 3 atom stereocenters. The van der Waals surface area contributed by atoms with Crippen molar-refractivity contribution in [1.29, 1.82) is 0 Å². The molecule has 6 heteroatoms. The normalized spacial score (nSPS) is 22.2. The van der Waals surface area contributed by atoms with Crippen LogP contribution in [-0.2, 0) is 25.5 Å². The summed E-state index contributed by atoms with van der Waals surface area (Å²) in [5.74, 6) is -0.912. The molecule has 1 amide bonds. The highest BCUT2D eigenvalue weighted by molar-refractivity contribution is 5.91. The minimum atomic E-state index is -0.613. The Morgan fingerprint density at radius 2 is 1.51 bits per heavy atom. The van der Waals surface area contributed by atoms with E-state index in [1.54, 1.807) is 4.90 Å². The van der Waals surface area contributed by atoms with E-state index < -0.39 is 12.0 Å². The zero-order valence-electron chi connectivity index (χ0n) is 21.2. The number of benzene rings is 3. The molecule has 6 nitrogen and oxygen atoms in total. The molecule has 2 saturated heterocycles. The second-order valence-corrected chi connectivity index (χ2v) is 9.83. The van der Waals surface area contributed by atoms with Crippen molar-refractivity contribution in [2.24, 2.45) is 0 Å². The van der Waals surface area contributed by atoms with Crippen molar-refractivity contribution in [2.45, 2.75) is 36.9 Å². The Labute approximate surface area is 218 Å². The lowest BCUT2D eigenvalue weighted by Gasteiger charge is -2.39. The van der Waals surface area contributed by atoms with Crippen LogP contribution in [0.3, 0.4) is 0 Å². The van der Waals surface area contributed by atoms with Crippen LogP contribution in [0, 0.1) is 0 Å². The molecule has 0 saturated carbocycles. The van der Waals surface area contributed by atoms with Crippen molar-refractivity contribution >= 4 is 11.9 Å². The van der Waals surface area contributed by atoms with Gasteiger partial charge in [0.1, 0.15) is 6.04 Å². The Hall–Kier alpha value is -3.48. The van der Waals surface area contributed by atoms with Gasteiger partial charge in [0.2, 0.25) is 5.91 Å². The largest absolute Gasteiger partial charge is 0.467 e. The van der Waals surface area contributed by atoms with Gasteiger partial charge in [-0.25, -0.2) is 4.79 Å². The number of ether oxygens (including phenoxy) is 2. The van der Waals surface area contributed by atoms with Gasteiger partial charge in [-0.3, -0.25) is 9.69 Å². The highest BCUT2D eigenvalue weighted by Gasteiger charge is 2.46. The fourth-order valence-corrected chi connectivity index (χ4v) is 5.80. The Balaban J connectivity index is 1.43. The summed E-state index contributed by atoms with van der Waals surface area (Å²) in [7, 11) is 1.40. The molecule has 2 aliphatic rings. The number of carbonyl (C=O) groups is 2. The summed E-state index contributed by atoms with van der Waals surface area (Å²) in [5, 5.41) is 0. The van der Waals surface area contributed by atoms with Crippen molar-refractivity contribution in [2.75, 3.05) is 33.4 Å². The molecule has 0 spiro atoms. The van der Waals surface area contributed by atoms with Crippen LogP contribution in [0.25, 0.3) is 0 Å². The maximum absolute atomic E-state index is 14.3. The number of esters is 1. The van der Waals surface area contributed by atoms with Crippen molar-refractivity contribution in [3.05, 3.63) is 108 Å². The van der Waals surface area contributed by atoms with E-state index in [-0.39, 0.29) is 24.0 Å². The van der Waals surface area contributed by atoms with Crippen molar-refractivity contribution in [3.63, 3.8) is 0 Å². The molecule has 2 fully saturated rings. The van der Waals surface area contributed by atoms with Crippen LogP contribution >= 0.6 is 0 Å². The first-order chi connectivity index (χ1) is 18.2. The molecule has 0 radical (unpaired) electrons. The topological polar surface area (TPSA) is 59.1 Å². The maximum atomic E-state index is 14.3. The molecule has 2 aliphatic heterocycles. The Bertz CT molecular complexity index is 1130. The van der Waals surface area contributed by atoms with E-state index in [9.17, 15) is 9.59 Å². The molecule has 0 aromatic heterocycles. The zero-order chi connectivity index (χ0) is 25.6. The van der Waals surface area contributed by atoms with E-state index in [0.29, 0.717) is 26.2 Å². The number of nitrogens with zero attached hydrogens (tertiary/aromatic N) is 2. The summed E-state index contributed by atoms with van der Waals surface area (Å²) < 4.78 is 11.0. The fourth-order valence-electron chi connectivity index (χ4n) is 5.80. The summed E-state index contributed by atoms with van der Waals surface area (Å²) in [6.07, 6.45) is 1.42. The Morgan fingerprint density at radius 1 is 0.919 bits per heavy atom. The summed E-state index contributed by atoms with van der Waals surface area (Å²) >= 11 is 0. The third-order valence-electron chi connectivity index (χ3n) is 7.60. The van der Waals surface area contributed by atoms with Crippen molar-refractivity contribution in [1.82, 2.24) is 9.80 Å². The average Bonchev–Trinajstić information content (AvgIpc) is 3.40. The highest BCUT2D eigenvalue weighted by atomic mass is 16.5. The average molecular weight is 499 g/mol. The molecular formula is C31H34N2O4. The number of rotatable bonds is 7. The van der Waals surface area contributed by atoms with Crippen LogP contribution in [0.5, 0.6) is 0 Å². The summed E-state index contributed by atoms with van der Waals surface area (Å²) in [6.45, 7) is 2.55. The van der Waals surface area contributed by atoms with Gasteiger partial charge in [-0.2, -0.15) is 0 Å². The third kappa shape index (κ3) is 5.60. The fraction of sp³-hybridized carbons (Fsp3) is 0.355. The number of methoxy groups -OCH3 is 1. The standard InChI is InChI=1S/C31H34N2O4/c1-36-31(35)28-20-26(32-17-18-37-22-27(32)19-23-11-5-2-6-12-23)21-33(28)30(34)29(24-13-7-3-8-14-24)25-15-9-4-10-16-25/h2-16,26-29H,17-22H2,1H3/t26-,27-,28-/m0/s1. The van der Waals surface area contributed by atoms with Crippen LogP contribution in [0.15, 0.2) is 91.0 Å². The summed E-state index contributed by atoms with van der Waals surface area (Å²) in [6, 6.07) is 29.7. The van der Waals surface area contributed by atoms with Crippen LogP contribution < -0.4 is 0 Å². The lowest BCUT2D eigenvalue weighted by Crippen LogP contribution is -2.52. The second-order valence-electron chi connectivity index (χ2n) is 9.83. The summed E-state index contributed by atoms with van der Waals surface area (Å²) in [4.78, 5) is 31.4. The van der Waals surface area contributed by atoms with E-state index >= 15 is 0 Å². The third-order valence-corrected chi connectivity index (χ3v) is 7.60. The van der Waals surface area contributed by atoms with Gasteiger partial charge in [0.25, 0.3) is 0 Å². The molecule has 5 rings (SSSR count). The van der Waals surface area contributed by atoms with E-state index in [0.717, 1.165) is 24.1 Å². The smallest absolute Gasteiger partial charge is 0.328 e. The molecule has 3 aromatic carbocycles. The van der Waals surface area contributed by atoms with E-state index in [2.05, 4.69) is 29.2 Å². The van der Waals surface area contributed by atoms with Gasteiger partial charge >= 0.3 is 5.97 Å². The minimum absolute atomic E-state index is 0.0536. The van der Waals surface area contributed by atoms with Crippen LogP contribution in [-0.4, -0.2) is 73.2 Å². The first-order valence-electron chi connectivity index (χ1n) is 13.0. The van der Waals surface area contributed by atoms with Crippen LogP contribution in [0.4, 0.5) is 0 Å². The van der Waals surface area contributed by atoms with Gasteiger partial charge in [0, 0.05) is 25.2 Å². The monoisotopic (exact) mass is 498 g/mol. The lowest BCUT2D eigenvalue weighted by molar-refractivity contribution is -0.151. The minimum Gasteiger partial charge on any atom is -0.467 e. The van der Waals surface area contributed by atoms with E-state index in [1.165, 1.54) is 12.7 Å². The molecule has 0 bridgehead atoms. The first kappa shape index (κ1) is 25.2. The predicted molar refractivity (Wildman–Crippen MR) is 142 cm³/mol. The molecule has 2 heterocycles. The SMILES string of the molecule is COC(=O)[C@@H]1C[C@H](N2CCOC[C@@H]2Cc2ccccc2)CN1C(=O)C(c1ccccc1)c1ccccc1. The molecule has 37 heavy (non-hydrogen) atoms.